The predicted octanol–water partition coefficient (Wildman–Crippen LogP) is 2.20. The normalized spacial score (nSPS) is 11.4. The van der Waals surface area contributed by atoms with Crippen molar-refractivity contribution in [3.05, 3.63) is 6.07 Å². The molecule has 0 saturated heterocycles. The maximum Gasteiger partial charge on any atom is 0.191 e. The molecule has 6 heteroatoms. The van der Waals surface area contributed by atoms with Crippen molar-refractivity contribution in [2.45, 2.75) is 37.9 Å². The SMILES string of the molecule is CCCNc1cc(NCC(C)(C)O)nc(SC)n1. The highest BCUT2D eigenvalue weighted by Gasteiger charge is 2.12. The van der Waals surface area contributed by atoms with E-state index in [0.29, 0.717) is 11.7 Å². The van der Waals surface area contributed by atoms with Crippen LogP contribution in [0.15, 0.2) is 11.2 Å². The molecule has 1 heterocycles. The minimum atomic E-state index is -0.762. The van der Waals surface area contributed by atoms with Crippen LogP contribution < -0.4 is 10.6 Å². The molecule has 18 heavy (non-hydrogen) atoms. The van der Waals surface area contributed by atoms with Crippen LogP contribution in [0, 0.1) is 0 Å². The lowest BCUT2D eigenvalue weighted by molar-refractivity contribution is 0.0944. The van der Waals surface area contributed by atoms with E-state index in [0.717, 1.165) is 24.6 Å². The van der Waals surface area contributed by atoms with Gasteiger partial charge in [-0.1, -0.05) is 18.7 Å². The summed E-state index contributed by atoms with van der Waals surface area (Å²) in [5.41, 5.74) is -0.762. The van der Waals surface area contributed by atoms with Crippen LogP contribution in [-0.4, -0.2) is 40.0 Å². The first-order valence-electron chi connectivity index (χ1n) is 6.08. The fourth-order valence-electron chi connectivity index (χ4n) is 1.26. The highest BCUT2D eigenvalue weighted by atomic mass is 32.2. The zero-order valence-electron chi connectivity index (χ0n) is 11.4. The molecule has 1 aromatic heterocycles. The van der Waals surface area contributed by atoms with E-state index in [2.05, 4.69) is 27.5 Å². The Balaban J connectivity index is 2.76. The van der Waals surface area contributed by atoms with Gasteiger partial charge in [-0.3, -0.25) is 0 Å². The molecule has 0 atom stereocenters. The summed E-state index contributed by atoms with van der Waals surface area (Å²) in [5, 5.41) is 16.8. The second kappa shape index (κ2) is 6.80. The molecule has 0 saturated carbocycles. The summed E-state index contributed by atoms with van der Waals surface area (Å²) in [7, 11) is 0. The van der Waals surface area contributed by atoms with Crippen LogP contribution in [0.5, 0.6) is 0 Å². The Labute approximate surface area is 113 Å². The highest BCUT2D eigenvalue weighted by molar-refractivity contribution is 7.98. The minimum absolute atomic E-state index is 0.449. The van der Waals surface area contributed by atoms with Crippen molar-refractivity contribution >= 4 is 23.4 Å². The standard InChI is InChI=1S/C12H22N4OS/c1-5-6-13-9-7-10(14-8-12(2,3)17)16-11(15-9)18-4/h7,17H,5-6,8H2,1-4H3,(H2,13,14,15,16). The van der Waals surface area contributed by atoms with E-state index >= 15 is 0 Å². The Bertz CT molecular complexity index is 379. The summed E-state index contributed by atoms with van der Waals surface area (Å²) in [6.45, 7) is 6.96. The molecule has 0 aliphatic carbocycles. The second-order valence-electron chi connectivity index (χ2n) is 4.72. The summed E-state index contributed by atoms with van der Waals surface area (Å²) < 4.78 is 0. The van der Waals surface area contributed by atoms with Crippen molar-refractivity contribution in [1.29, 1.82) is 0 Å². The van der Waals surface area contributed by atoms with E-state index in [1.54, 1.807) is 13.8 Å². The third kappa shape index (κ3) is 5.55. The molecule has 0 aliphatic heterocycles. The lowest BCUT2D eigenvalue weighted by Gasteiger charge is -2.18. The number of aliphatic hydroxyl groups is 1. The molecule has 0 amide bonds. The van der Waals surface area contributed by atoms with Crippen molar-refractivity contribution in [1.82, 2.24) is 9.97 Å². The molecule has 0 radical (unpaired) electrons. The maximum absolute atomic E-state index is 9.69. The predicted molar refractivity (Wildman–Crippen MR) is 77.4 cm³/mol. The van der Waals surface area contributed by atoms with Crippen molar-refractivity contribution in [2.24, 2.45) is 0 Å². The van der Waals surface area contributed by atoms with Gasteiger partial charge in [-0.15, -0.1) is 0 Å². The fraction of sp³-hybridized carbons (Fsp3) is 0.667. The van der Waals surface area contributed by atoms with Gasteiger partial charge in [0.15, 0.2) is 5.16 Å². The minimum Gasteiger partial charge on any atom is -0.389 e. The van der Waals surface area contributed by atoms with Crippen LogP contribution in [0.4, 0.5) is 11.6 Å². The third-order valence-corrected chi connectivity index (χ3v) is 2.69. The van der Waals surface area contributed by atoms with E-state index in [1.165, 1.54) is 11.8 Å². The van der Waals surface area contributed by atoms with Crippen molar-refractivity contribution < 1.29 is 5.11 Å². The topological polar surface area (TPSA) is 70.1 Å². The molecule has 0 bridgehead atoms. The largest absolute Gasteiger partial charge is 0.389 e. The maximum atomic E-state index is 9.69. The summed E-state index contributed by atoms with van der Waals surface area (Å²) in [6, 6.07) is 1.86. The van der Waals surface area contributed by atoms with Gasteiger partial charge in [-0.2, -0.15) is 0 Å². The first-order valence-corrected chi connectivity index (χ1v) is 7.30. The Morgan fingerprint density at radius 1 is 1.28 bits per heavy atom. The summed E-state index contributed by atoms with van der Waals surface area (Å²) in [6.07, 6.45) is 2.99. The zero-order chi connectivity index (χ0) is 13.6. The van der Waals surface area contributed by atoms with Crippen LogP contribution in [0.3, 0.4) is 0 Å². The summed E-state index contributed by atoms with van der Waals surface area (Å²) >= 11 is 1.50. The number of hydrogen-bond donors (Lipinski definition) is 3. The van der Waals surface area contributed by atoms with E-state index in [4.69, 9.17) is 0 Å². The lowest BCUT2D eigenvalue weighted by Crippen LogP contribution is -2.29. The Kier molecular flexibility index (Phi) is 5.68. The number of thioether (sulfide) groups is 1. The number of nitrogens with zero attached hydrogens (tertiary/aromatic N) is 2. The Morgan fingerprint density at radius 3 is 2.39 bits per heavy atom. The number of hydrogen-bond acceptors (Lipinski definition) is 6. The lowest BCUT2D eigenvalue weighted by atomic mass is 10.1. The number of nitrogens with one attached hydrogen (secondary N) is 2. The van der Waals surface area contributed by atoms with Gasteiger partial charge < -0.3 is 15.7 Å². The number of rotatable bonds is 7. The van der Waals surface area contributed by atoms with Crippen LogP contribution >= 0.6 is 11.8 Å². The van der Waals surface area contributed by atoms with Gasteiger partial charge in [0.2, 0.25) is 0 Å². The molecular formula is C12H22N4OS. The molecular weight excluding hydrogens is 248 g/mol. The van der Waals surface area contributed by atoms with Gasteiger partial charge in [0.25, 0.3) is 0 Å². The molecule has 0 aromatic carbocycles. The van der Waals surface area contributed by atoms with Crippen LogP contribution in [0.1, 0.15) is 27.2 Å². The second-order valence-corrected chi connectivity index (χ2v) is 5.49. The van der Waals surface area contributed by atoms with E-state index < -0.39 is 5.60 Å². The van der Waals surface area contributed by atoms with Gasteiger partial charge in [0.05, 0.1) is 5.60 Å². The highest BCUT2D eigenvalue weighted by Crippen LogP contribution is 2.17. The first kappa shape index (κ1) is 15.0. The van der Waals surface area contributed by atoms with Gasteiger partial charge in [-0.25, -0.2) is 9.97 Å². The molecule has 102 valence electrons. The average molecular weight is 270 g/mol. The Morgan fingerprint density at radius 2 is 1.89 bits per heavy atom. The van der Waals surface area contributed by atoms with E-state index in [1.807, 2.05) is 12.3 Å². The van der Waals surface area contributed by atoms with Crippen LogP contribution in [-0.2, 0) is 0 Å². The average Bonchev–Trinajstić information content (AvgIpc) is 2.32. The molecule has 0 aliphatic rings. The zero-order valence-corrected chi connectivity index (χ0v) is 12.3. The van der Waals surface area contributed by atoms with Gasteiger partial charge in [-0.05, 0) is 26.5 Å². The summed E-state index contributed by atoms with van der Waals surface area (Å²) in [4.78, 5) is 8.72. The van der Waals surface area contributed by atoms with E-state index in [9.17, 15) is 5.11 Å². The van der Waals surface area contributed by atoms with Gasteiger partial charge in [0.1, 0.15) is 11.6 Å². The molecule has 0 fully saturated rings. The quantitative estimate of drug-likeness (QED) is 0.521. The number of anilines is 2. The van der Waals surface area contributed by atoms with Crippen molar-refractivity contribution in [3.8, 4) is 0 Å². The first-order chi connectivity index (χ1) is 8.44. The summed E-state index contributed by atoms with van der Waals surface area (Å²) in [5.74, 6) is 1.55. The van der Waals surface area contributed by atoms with Crippen molar-refractivity contribution in [3.63, 3.8) is 0 Å². The molecule has 3 N–H and O–H groups in total. The molecule has 0 spiro atoms. The smallest absolute Gasteiger partial charge is 0.191 e. The molecule has 0 unspecified atom stereocenters. The van der Waals surface area contributed by atoms with Gasteiger partial charge >= 0.3 is 0 Å². The van der Waals surface area contributed by atoms with Gasteiger partial charge in [0, 0.05) is 19.2 Å². The third-order valence-electron chi connectivity index (χ3n) is 2.15. The monoisotopic (exact) mass is 270 g/mol. The molecule has 5 nitrogen and oxygen atoms in total. The van der Waals surface area contributed by atoms with Crippen molar-refractivity contribution in [2.75, 3.05) is 30.0 Å². The van der Waals surface area contributed by atoms with E-state index in [-0.39, 0.29) is 0 Å². The van der Waals surface area contributed by atoms with Crippen LogP contribution in [0.25, 0.3) is 0 Å². The Hall–Kier alpha value is -1.01. The molecule has 1 rings (SSSR count). The fourth-order valence-corrected chi connectivity index (χ4v) is 1.64. The molecule has 1 aromatic rings. The van der Waals surface area contributed by atoms with Crippen LogP contribution in [0.2, 0.25) is 0 Å². The number of aromatic nitrogens is 2.